The van der Waals surface area contributed by atoms with Crippen LogP contribution in [0.2, 0.25) is 0 Å². The lowest BCUT2D eigenvalue weighted by Gasteiger charge is -2.14. The third kappa shape index (κ3) is 6.39. The number of anilines is 1. The first kappa shape index (κ1) is 24.9. The zero-order valence-corrected chi connectivity index (χ0v) is 20.9. The largest absolute Gasteiger partial charge is 0.493 e. The quantitative estimate of drug-likeness (QED) is 0.227. The molecule has 0 aliphatic heterocycles. The number of nitrogens with one attached hydrogen (secondary N) is 1. The molecule has 2 aromatic carbocycles. The predicted molar refractivity (Wildman–Crippen MR) is 131 cm³/mol. The molecule has 1 heterocycles. The number of aromatic nitrogens is 1. The third-order valence-electron chi connectivity index (χ3n) is 4.87. The standard InChI is InChI=1S/C25H24BrN3O5/c1-15-5-6-20(9-16(15)2)32-7-8-33-24-21(26)12-18(13-22(24)31-4)11-19(14-27)25(30)28-23-10-17(3)34-29-23/h5-6,9-13H,7-8H2,1-4H3,(H,28,29,30)/b19-11-. The number of amides is 1. The van der Waals surface area contributed by atoms with E-state index >= 15 is 0 Å². The molecule has 0 aliphatic rings. The van der Waals surface area contributed by atoms with E-state index in [1.165, 1.54) is 18.7 Å². The maximum absolute atomic E-state index is 12.4. The highest BCUT2D eigenvalue weighted by Crippen LogP contribution is 2.37. The fraction of sp³-hybridized carbons (Fsp3) is 0.240. The van der Waals surface area contributed by atoms with Crippen LogP contribution in [0.5, 0.6) is 17.2 Å². The van der Waals surface area contributed by atoms with Crippen LogP contribution < -0.4 is 19.5 Å². The average molecular weight is 526 g/mol. The van der Waals surface area contributed by atoms with Gasteiger partial charge in [-0.05, 0) is 83.7 Å². The Hall–Kier alpha value is -3.77. The van der Waals surface area contributed by atoms with Gasteiger partial charge in [0.2, 0.25) is 0 Å². The lowest BCUT2D eigenvalue weighted by molar-refractivity contribution is -0.112. The van der Waals surface area contributed by atoms with Crippen LogP contribution in [0.1, 0.15) is 22.5 Å². The maximum Gasteiger partial charge on any atom is 0.267 e. The number of aryl methyl sites for hydroxylation is 3. The molecule has 8 nitrogen and oxygen atoms in total. The number of carbonyl (C=O) groups is 1. The van der Waals surface area contributed by atoms with Crippen molar-refractivity contribution in [3.63, 3.8) is 0 Å². The fourth-order valence-electron chi connectivity index (χ4n) is 2.99. The van der Waals surface area contributed by atoms with E-state index in [9.17, 15) is 10.1 Å². The number of benzene rings is 2. The first-order chi connectivity index (χ1) is 16.3. The Labute approximate surface area is 206 Å². The number of halogens is 1. The first-order valence-corrected chi connectivity index (χ1v) is 11.2. The SMILES string of the molecule is COc1cc(/C=C(/C#N)C(=O)Nc2cc(C)on2)cc(Br)c1OCCOc1ccc(C)c(C)c1. The van der Waals surface area contributed by atoms with E-state index in [1.807, 2.05) is 31.2 Å². The van der Waals surface area contributed by atoms with Crippen molar-refractivity contribution in [2.75, 3.05) is 25.6 Å². The molecule has 3 rings (SSSR count). The summed E-state index contributed by atoms with van der Waals surface area (Å²) < 4.78 is 22.6. The van der Waals surface area contributed by atoms with E-state index in [-0.39, 0.29) is 11.4 Å². The molecule has 0 fully saturated rings. The van der Waals surface area contributed by atoms with E-state index < -0.39 is 5.91 Å². The van der Waals surface area contributed by atoms with Gasteiger partial charge in [0.15, 0.2) is 17.3 Å². The van der Waals surface area contributed by atoms with Gasteiger partial charge in [-0.15, -0.1) is 0 Å². The lowest BCUT2D eigenvalue weighted by atomic mass is 10.1. The van der Waals surface area contributed by atoms with Gasteiger partial charge >= 0.3 is 0 Å². The highest BCUT2D eigenvalue weighted by Gasteiger charge is 2.15. The van der Waals surface area contributed by atoms with Crippen molar-refractivity contribution in [2.24, 2.45) is 0 Å². The molecular formula is C25H24BrN3O5. The minimum Gasteiger partial charge on any atom is -0.493 e. The zero-order valence-electron chi connectivity index (χ0n) is 19.3. The van der Waals surface area contributed by atoms with Gasteiger partial charge < -0.3 is 24.1 Å². The fourth-order valence-corrected chi connectivity index (χ4v) is 3.57. The second kappa shape index (κ2) is 11.4. The summed E-state index contributed by atoms with van der Waals surface area (Å²) in [5.74, 6) is 1.88. The Morgan fingerprint density at radius 2 is 1.91 bits per heavy atom. The molecule has 3 aromatic rings. The predicted octanol–water partition coefficient (Wildman–Crippen LogP) is 5.37. The van der Waals surface area contributed by atoms with Crippen molar-refractivity contribution in [1.82, 2.24) is 5.16 Å². The van der Waals surface area contributed by atoms with Crippen molar-refractivity contribution in [3.05, 3.63) is 68.9 Å². The molecule has 0 spiro atoms. The molecule has 0 bridgehead atoms. The van der Waals surface area contributed by atoms with Crippen molar-refractivity contribution in [3.8, 4) is 23.3 Å². The molecule has 9 heteroatoms. The van der Waals surface area contributed by atoms with Crippen molar-refractivity contribution < 1.29 is 23.5 Å². The minimum absolute atomic E-state index is 0.106. The van der Waals surface area contributed by atoms with E-state index in [2.05, 4.69) is 33.3 Å². The van der Waals surface area contributed by atoms with Gasteiger partial charge in [0.1, 0.15) is 36.4 Å². The molecule has 1 N–H and O–H groups in total. The Bertz CT molecular complexity index is 1260. The monoisotopic (exact) mass is 525 g/mol. The second-order valence-electron chi connectivity index (χ2n) is 7.42. The normalized spacial score (nSPS) is 11.0. The molecule has 0 unspecified atom stereocenters. The number of hydrogen-bond donors (Lipinski definition) is 1. The van der Waals surface area contributed by atoms with Crippen LogP contribution in [-0.4, -0.2) is 31.4 Å². The summed E-state index contributed by atoms with van der Waals surface area (Å²) in [6.45, 7) is 6.43. The molecule has 0 saturated heterocycles. The number of nitriles is 1. The Morgan fingerprint density at radius 1 is 1.15 bits per heavy atom. The summed E-state index contributed by atoms with van der Waals surface area (Å²) >= 11 is 3.48. The van der Waals surface area contributed by atoms with E-state index in [1.54, 1.807) is 25.1 Å². The van der Waals surface area contributed by atoms with Gasteiger partial charge in [-0.2, -0.15) is 5.26 Å². The molecule has 1 aromatic heterocycles. The molecular weight excluding hydrogens is 502 g/mol. The first-order valence-electron chi connectivity index (χ1n) is 10.4. The number of hydrogen-bond acceptors (Lipinski definition) is 7. The second-order valence-corrected chi connectivity index (χ2v) is 8.28. The molecule has 176 valence electrons. The number of methoxy groups -OCH3 is 1. The molecule has 1 amide bonds. The summed E-state index contributed by atoms with van der Waals surface area (Å²) in [6, 6.07) is 12.8. The lowest BCUT2D eigenvalue weighted by Crippen LogP contribution is -2.13. The smallest absolute Gasteiger partial charge is 0.267 e. The summed E-state index contributed by atoms with van der Waals surface area (Å²) in [5, 5.41) is 15.7. The summed E-state index contributed by atoms with van der Waals surface area (Å²) in [4.78, 5) is 12.4. The van der Waals surface area contributed by atoms with Crippen molar-refractivity contribution in [2.45, 2.75) is 20.8 Å². The van der Waals surface area contributed by atoms with Crippen LogP contribution >= 0.6 is 15.9 Å². The van der Waals surface area contributed by atoms with Crippen LogP contribution in [0.4, 0.5) is 5.82 Å². The Balaban J connectivity index is 1.68. The van der Waals surface area contributed by atoms with Gasteiger partial charge in [0, 0.05) is 6.07 Å². The Morgan fingerprint density at radius 3 is 2.56 bits per heavy atom. The molecule has 0 aliphatic carbocycles. The highest BCUT2D eigenvalue weighted by atomic mass is 79.9. The van der Waals surface area contributed by atoms with Crippen LogP contribution in [0.25, 0.3) is 6.08 Å². The van der Waals surface area contributed by atoms with Crippen LogP contribution in [0.15, 0.2) is 51.0 Å². The summed E-state index contributed by atoms with van der Waals surface area (Å²) in [6.07, 6.45) is 1.45. The maximum atomic E-state index is 12.4. The molecule has 34 heavy (non-hydrogen) atoms. The highest BCUT2D eigenvalue weighted by molar-refractivity contribution is 9.10. The molecule has 0 atom stereocenters. The Kier molecular flexibility index (Phi) is 8.33. The van der Waals surface area contributed by atoms with E-state index in [4.69, 9.17) is 18.7 Å². The zero-order chi connectivity index (χ0) is 24.7. The summed E-state index contributed by atoms with van der Waals surface area (Å²) in [7, 11) is 1.51. The van der Waals surface area contributed by atoms with Crippen LogP contribution in [-0.2, 0) is 4.79 Å². The summed E-state index contributed by atoms with van der Waals surface area (Å²) in [5.41, 5.74) is 2.83. The van der Waals surface area contributed by atoms with Gasteiger partial charge in [0.25, 0.3) is 5.91 Å². The number of carbonyl (C=O) groups excluding carboxylic acids is 1. The third-order valence-corrected chi connectivity index (χ3v) is 5.46. The average Bonchev–Trinajstić information content (AvgIpc) is 3.22. The van der Waals surface area contributed by atoms with Gasteiger partial charge in [0.05, 0.1) is 11.6 Å². The van der Waals surface area contributed by atoms with Gasteiger partial charge in [-0.3, -0.25) is 4.79 Å². The molecule has 0 saturated carbocycles. The van der Waals surface area contributed by atoms with Gasteiger partial charge in [-0.25, -0.2) is 0 Å². The number of ether oxygens (including phenoxy) is 3. The van der Waals surface area contributed by atoms with Crippen molar-refractivity contribution in [1.29, 1.82) is 5.26 Å². The number of nitrogens with zero attached hydrogens (tertiary/aromatic N) is 2. The number of rotatable bonds is 9. The van der Waals surface area contributed by atoms with Crippen molar-refractivity contribution >= 4 is 33.7 Å². The van der Waals surface area contributed by atoms with E-state index in [0.717, 1.165) is 11.3 Å². The van der Waals surface area contributed by atoms with Gasteiger partial charge in [-0.1, -0.05) is 11.2 Å². The molecule has 0 radical (unpaired) electrons. The van der Waals surface area contributed by atoms with Crippen LogP contribution in [0.3, 0.4) is 0 Å². The topological polar surface area (TPSA) is 107 Å². The van der Waals surface area contributed by atoms with Crippen LogP contribution in [0, 0.1) is 32.1 Å². The van der Waals surface area contributed by atoms with E-state index in [0.29, 0.717) is 40.5 Å². The minimum atomic E-state index is -0.602.